The molecule has 0 saturated carbocycles. The lowest BCUT2D eigenvalue weighted by Crippen LogP contribution is -2.44. The minimum Gasteiger partial charge on any atom is -0.463 e. The summed E-state index contributed by atoms with van der Waals surface area (Å²) in [5.41, 5.74) is 0. The molecule has 1 atom stereocenters. The van der Waals surface area contributed by atoms with Crippen molar-refractivity contribution in [2.45, 2.75) is 33.7 Å². The Morgan fingerprint density at radius 1 is 1.05 bits per heavy atom. The van der Waals surface area contributed by atoms with E-state index in [2.05, 4.69) is 15.4 Å². The fraction of sp³-hybridized carbons (Fsp3) is 0.643. The van der Waals surface area contributed by atoms with Gasteiger partial charge in [0.15, 0.2) is 0 Å². The van der Waals surface area contributed by atoms with Gasteiger partial charge in [-0.05, 0) is 19.8 Å². The van der Waals surface area contributed by atoms with E-state index in [1.807, 2.05) is 13.8 Å². The van der Waals surface area contributed by atoms with Gasteiger partial charge in [-0.25, -0.2) is 14.4 Å². The molecule has 2 amide bonds. The maximum absolute atomic E-state index is 11.5. The van der Waals surface area contributed by atoms with E-state index in [0.717, 1.165) is 12.2 Å². The minimum atomic E-state index is -0.667. The Kier molecular flexibility index (Phi) is 9.66. The molecule has 0 fully saturated rings. The highest BCUT2D eigenvalue weighted by Crippen LogP contribution is 1.90. The topological polar surface area (TPSA) is 93.7 Å². The highest BCUT2D eigenvalue weighted by atomic mass is 16.5. The maximum Gasteiger partial charge on any atom is 0.331 e. The van der Waals surface area contributed by atoms with Crippen LogP contribution < -0.4 is 10.6 Å². The molecule has 120 valence electrons. The number of nitrogens with one attached hydrogen (secondary N) is 2. The molecule has 0 aromatic heterocycles. The first-order valence-corrected chi connectivity index (χ1v) is 6.91. The van der Waals surface area contributed by atoms with Crippen LogP contribution in [0.4, 0.5) is 4.79 Å². The van der Waals surface area contributed by atoms with Crippen molar-refractivity contribution in [1.82, 2.24) is 10.6 Å². The summed E-state index contributed by atoms with van der Waals surface area (Å²) < 4.78 is 9.50. The first kappa shape index (κ1) is 18.9. The van der Waals surface area contributed by atoms with Crippen LogP contribution in [0.25, 0.3) is 0 Å². The van der Waals surface area contributed by atoms with Crippen LogP contribution in [-0.2, 0) is 19.1 Å². The molecule has 0 rings (SSSR count). The van der Waals surface area contributed by atoms with Gasteiger partial charge in [0.05, 0.1) is 12.6 Å². The Morgan fingerprint density at radius 3 is 2.14 bits per heavy atom. The molecule has 0 spiro atoms. The van der Waals surface area contributed by atoms with Gasteiger partial charge in [0.25, 0.3) is 0 Å². The summed E-state index contributed by atoms with van der Waals surface area (Å²) in [4.78, 5) is 33.7. The van der Waals surface area contributed by atoms with E-state index in [1.54, 1.807) is 13.8 Å². The highest BCUT2D eigenvalue weighted by Gasteiger charge is 2.09. The van der Waals surface area contributed by atoms with Crippen molar-refractivity contribution < 1.29 is 23.9 Å². The van der Waals surface area contributed by atoms with Crippen molar-refractivity contribution in [2.24, 2.45) is 5.92 Å². The van der Waals surface area contributed by atoms with Crippen LogP contribution in [0.5, 0.6) is 0 Å². The van der Waals surface area contributed by atoms with Gasteiger partial charge in [0, 0.05) is 18.7 Å². The van der Waals surface area contributed by atoms with Gasteiger partial charge >= 0.3 is 18.0 Å². The molecule has 0 bridgehead atoms. The predicted octanol–water partition coefficient (Wildman–Crippen LogP) is 0.993. The van der Waals surface area contributed by atoms with E-state index in [9.17, 15) is 14.4 Å². The quantitative estimate of drug-likeness (QED) is 0.515. The number of hydrogen-bond donors (Lipinski definition) is 2. The van der Waals surface area contributed by atoms with Gasteiger partial charge in [-0.1, -0.05) is 13.8 Å². The summed E-state index contributed by atoms with van der Waals surface area (Å²) in [6.07, 6.45) is 1.99. The van der Waals surface area contributed by atoms with Crippen LogP contribution in [0.1, 0.15) is 27.7 Å². The van der Waals surface area contributed by atoms with E-state index >= 15 is 0 Å². The number of amides is 2. The van der Waals surface area contributed by atoms with Gasteiger partial charge < -0.3 is 20.1 Å². The molecule has 0 aliphatic carbocycles. The number of carbonyl (C=O) groups is 3. The van der Waals surface area contributed by atoms with Crippen LogP contribution >= 0.6 is 0 Å². The molecule has 0 aliphatic rings. The minimum absolute atomic E-state index is 0.0150. The third-order valence-electron chi connectivity index (χ3n) is 2.17. The van der Waals surface area contributed by atoms with Crippen LogP contribution in [0.3, 0.4) is 0 Å². The largest absolute Gasteiger partial charge is 0.463 e. The van der Waals surface area contributed by atoms with E-state index in [0.29, 0.717) is 12.5 Å². The molecular formula is C14H24N2O5. The number of carbonyl (C=O) groups excluding carboxylic acids is 3. The van der Waals surface area contributed by atoms with E-state index in [4.69, 9.17) is 4.74 Å². The van der Waals surface area contributed by atoms with Crippen molar-refractivity contribution in [2.75, 3.05) is 19.8 Å². The van der Waals surface area contributed by atoms with Crippen LogP contribution in [0.2, 0.25) is 0 Å². The van der Waals surface area contributed by atoms with Crippen LogP contribution in [-0.4, -0.2) is 43.8 Å². The summed E-state index contributed by atoms with van der Waals surface area (Å²) in [6, 6.07) is -0.647. The zero-order chi connectivity index (χ0) is 16.3. The lowest BCUT2D eigenvalue weighted by molar-refractivity contribution is -0.140. The van der Waals surface area contributed by atoms with E-state index < -0.39 is 11.9 Å². The molecule has 0 saturated heterocycles. The number of rotatable bonds is 8. The number of urea groups is 1. The molecule has 0 radical (unpaired) electrons. The number of esters is 2. The first-order valence-electron chi connectivity index (χ1n) is 6.91. The second-order valence-corrected chi connectivity index (χ2v) is 4.86. The Morgan fingerprint density at radius 2 is 1.62 bits per heavy atom. The molecule has 0 aliphatic heterocycles. The number of ether oxygens (including phenoxy) is 2. The molecule has 21 heavy (non-hydrogen) atoms. The van der Waals surface area contributed by atoms with E-state index in [1.165, 1.54) is 0 Å². The van der Waals surface area contributed by atoms with Gasteiger partial charge in [0.1, 0.15) is 6.61 Å². The molecule has 0 aromatic rings. The average Bonchev–Trinajstić information content (AvgIpc) is 2.41. The second kappa shape index (κ2) is 10.7. The summed E-state index contributed by atoms with van der Waals surface area (Å²) >= 11 is 0. The molecule has 0 unspecified atom stereocenters. The Labute approximate surface area is 125 Å². The third-order valence-corrected chi connectivity index (χ3v) is 2.17. The first-order chi connectivity index (χ1) is 9.85. The van der Waals surface area contributed by atoms with Crippen molar-refractivity contribution in [1.29, 1.82) is 0 Å². The Balaban J connectivity index is 3.91. The molecule has 7 nitrogen and oxygen atoms in total. The van der Waals surface area contributed by atoms with Gasteiger partial charge in [-0.15, -0.1) is 0 Å². The highest BCUT2D eigenvalue weighted by molar-refractivity contribution is 5.91. The zero-order valence-electron chi connectivity index (χ0n) is 13.0. The van der Waals surface area contributed by atoms with Gasteiger partial charge in [0.2, 0.25) is 0 Å². The van der Waals surface area contributed by atoms with Crippen molar-refractivity contribution >= 4 is 18.0 Å². The molecule has 0 heterocycles. The Bertz CT molecular complexity index is 380. The van der Waals surface area contributed by atoms with Crippen LogP contribution in [0.15, 0.2) is 12.2 Å². The second-order valence-electron chi connectivity index (χ2n) is 4.86. The number of hydrogen-bond acceptors (Lipinski definition) is 5. The molecule has 2 N–H and O–H groups in total. The molecule has 7 heteroatoms. The maximum atomic E-state index is 11.5. The third kappa shape index (κ3) is 11.5. The monoisotopic (exact) mass is 300 g/mol. The predicted molar refractivity (Wildman–Crippen MR) is 77.6 cm³/mol. The Hall–Kier alpha value is -2.05. The fourth-order valence-corrected chi connectivity index (χ4v) is 1.20. The van der Waals surface area contributed by atoms with Crippen molar-refractivity contribution in [3.63, 3.8) is 0 Å². The summed E-state index contributed by atoms with van der Waals surface area (Å²) in [5, 5.41) is 5.32. The SMILES string of the molecule is CCOC(=O)/C=C/C(=O)OC[C@@H](C)NC(=O)NCC(C)C. The smallest absolute Gasteiger partial charge is 0.331 e. The van der Waals surface area contributed by atoms with E-state index in [-0.39, 0.29) is 25.3 Å². The summed E-state index contributed by atoms with van der Waals surface area (Å²) in [7, 11) is 0. The molecule has 0 aromatic carbocycles. The zero-order valence-corrected chi connectivity index (χ0v) is 13.0. The van der Waals surface area contributed by atoms with Crippen molar-refractivity contribution in [3.05, 3.63) is 12.2 Å². The fourth-order valence-electron chi connectivity index (χ4n) is 1.20. The lowest BCUT2D eigenvalue weighted by Gasteiger charge is -2.15. The standard InChI is InChI=1S/C14H24N2O5/c1-5-20-12(17)6-7-13(18)21-9-11(4)16-14(19)15-8-10(2)3/h6-7,10-11H,5,8-9H2,1-4H3,(H2,15,16,19)/b7-6+/t11-/m1/s1. The normalized spacial score (nSPS) is 12.0. The van der Waals surface area contributed by atoms with Crippen molar-refractivity contribution in [3.8, 4) is 0 Å². The van der Waals surface area contributed by atoms with Crippen LogP contribution in [0, 0.1) is 5.92 Å². The summed E-state index contributed by atoms with van der Waals surface area (Å²) in [5.74, 6) is -0.912. The van der Waals surface area contributed by atoms with Gasteiger partial charge in [-0.3, -0.25) is 0 Å². The summed E-state index contributed by atoms with van der Waals surface area (Å²) in [6.45, 7) is 8.17. The lowest BCUT2D eigenvalue weighted by atomic mass is 10.2. The average molecular weight is 300 g/mol. The van der Waals surface area contributed by atoms with Gasteiger partial charge in [-0.2, -0.15) is 0 Å². The molecular weight excluding hydrogens is 276 g/mol.